The Kier molecular flexibility index (Phi) is 13.7. The van der Waals surface area contributed by atoms with Crippen LogP contribution < -0.4 is 10.6 Å². The number of ether oxygens (including phenoxy) is 1. The second kappa shape index (κ2) is 15.9. The average Bonchev–Trinajstić information content (AvgIpc) is 2.84. The molecule has 0 aliphatic rings. The van der Waals surface area contributed by atoms with E-state index in [1.807, 2.05) is 20.8 Å². The number of allylic oxidation sites excluding steroid dienone is 1. The minimum Gasteiger partial charge on any atom is -0.479 e. The summed E-state index contributed by atoms with van der Waals surface area (Å²) in [5, 5.41) is 24.6. The van der Waals surface area contributed by atoms with Gasteiger partial charge in [0.25, 0.3) is 0 Å². The van der Waals surface area contributed by atoms with Gasteiger partial charge in [0.1, 0.15) is 5.82 Å². The van der Waals surface area contributed by atoms with E-state index >= 15 is 0 Å². The Balaban J connectivity index is 2.35. The van der Waals surface area contributed by atoms with Gasteiger partial charge in [0.15, 0.2) is 6.10 Å². The molecule has 0 saturated heterocycles. The first kappa shape index (κ1) is 32.8. The Morgan fingerprint density at radius 1 is 1.08 bits per heavy atom. The standard InChI is InChI=1S/C28H41FN2O7/c1-18(2)14-23(26(35)36)38-27(37)28(4,5)17-31-25(34)16-30-24(33)9-7-6-8-19(3)22(32)15-20-10-12-21(29)13-11-20/h7,9-13,18-19,22-23,32H,6,8,14-17H2,1-5H3,(H,30,33)(H,31,34)(H,35,36)/b9-7+. The third-order valence-electron chi connectivity index (χ3n) is 5.99. The number of rotatable bonds is 16. The van der Waals surface area contributed by atoms with Gasteiger partial charge in [-0.3, -0.25) is 14.4 Å². The number of carbonyl (C=O) groups excluding carboxylic acids is 3. The third-order valence-corrected chi connectivity index (χ3v) is 5.99. The first-order chi connectivity index (χ1) is 17.7. The predicted octanol–water partition coefficient (Wildman–Crippen LogP) is 3.00. The summed E-state index contributed by atoms with van der Waals surface area (Å²) >= 11 is 0. The zero-order valence-corrected chi connectivity index (χ0v) is 22.8. The number of benzene rings is 1. The molecule has 212 valence electrons. The fraction of sp³-hybridized carbons (Fsp3) is 0.571. The van der Waals surface area contributed by atoms with Gasteiger partial charge >= 0.3 is 11.9 Å². The van der Waals surface area contributed by atoms with E-state index < -0.39 is 41.4 Å². The van der Waals surface area contributed by atoms with Gasteiger partial charge in [0, 0.05) is 6.54 Å². The summed E-state index contributed by atoms with van der Waals surface area (Å²) < 4.78 is 18.1. The Labute approximate surface area is 223 Å². The molecule has 38 heavy (non-hydrogen) atoms. The summed E-state index contributed by atoms with van der Waals surface area (Å²) in [7, 11) is 0. The van der Waals surface area contributed by atoms with Crippen molar-refractivity contribution < 1.29 is 38.5 Å². The number of amides is 2. The molecule has 0 spiro atoms. The summed E-state index contributed by atoms with van der Waals surface area (Å²) in [5.74, 6) is -3.28. The van der Waals surface area contributed by atoms with Crippen molar-refractivity contribution in [2.45, 2.75) is 72.5 Å². The van der Waals surface area contributed by atoms with Crippen LogP contribution in [-0.2, 0) is 30.3 Å². The van der Waals surface area contributed by atoms with Crippen LogP contribution in [0, 0.1) is 23.1 Å². The molecule has 1 aromatic carbocycles. The highest BCUT2D eigenvalue weighted by Crippen LogP contribution is 2.20. The topological polar surface area (TPSA) is 142 Å². The lowest BCUT2D eigenvalue weighted by Gasteiger charge is -2.25. The lowest BCUT2D eigenvalue weighted by molar-refractivity contribution is -0.171. The number of nitrogens with one attached hydrogen (secondary N) is 2. The highest BCUT2D eigenvalue weighted by Gasteiger charge is 2.34. The van der Waals surface area contributed by atoms with Gasteiger partial charge in [-0.15, -0.1) is 0 Å². The maximum absolute atomic E-state index is 13.0. The molecule has 4 N–H and O–H groups in total. The van der Waals surface area contributed by atoms with Crippen molar-refractivity contribution in [2.75, 3.05) is 13.1 Å². The van der Waals surface area contributed by atoms with E-state index in [-0.39, 0.29) is 37.2 Å². The van der Waals surface area contributed by atoms with Crippen molar-refractivity contribution >= 4 is 23.8 Å². The smallest absolute Gasteiger partial charge is 0.345 e. The largest absolute Gasteiger partial charge is 0.479 e. The van der Waals surface area contributed by atoms with Gasteiger partial charge in [-0.25, -0.2) is 9.18 Å². The molecule has 2 amide bonds. The molecule has 0 aliphatic heterocycles. The van der Waals surface area contributed by atoms with Gasteiger partial charge in [0.05, 0.1) is 18.1 Å². The number of halogens is 1. The van der Waals surface area contributed by atoms with Gasteiger partial charge in [-0.05, 0) is 75.1 Å². The Morgan fingerprint density at radius 2 is 1.71 bits per heavy atom. The fourth-order valence-electron chi connectivity index (χ4n) is 3.40. The molecule has 0 radical (unpaired) electrons. The highest BCUT2D eigenvalue weighted by molar-refractivity contribution is 5.91. The average molecular weight is 537 g/mol. The third kappa shape index (κ3) is 12.8. The number of aliphatic hydroxyl groups is 1. The molecule has 0 heterocycles. The number of aliphatic hydroxyl groups excluding tert-OH is 1. The summed E-state index contributed by atoms with van der Waals surface area (Å²) in [6.07, 6.45) is 2.88. The minimum atomic E-state index is -1.26. The van der Waals surface area contributed by atoms with E-state index in [1.165, 1.54) is 32.1 Å². The number of esters is 1. The van der Waals surface area contributed by atoms with Crippen molar-refractivity contribution in [3.05, 3.63) is 47.8 Å². The van der Waals surface area contributed by atoms with Crippen LogP contribution in [0.15, 0.2) is 36.4 Å². The van der Waals surface area contributed by atoms with Crippen molar-refractivity contribution in [2.24, 2.45) is 17.3 Å². The molecule has 3 atom stereocenters. The van der Waals surface area contributed by atoms with Crippen LogP contribution in [0.1, 0.15) is 59.4 Å². The Hall–Kier alpha value is -3.27. The minimum absolute atomic E-state index is 0.0205. The number of aliphatic carboxylic acids is 1. The molecule has 0 aliphatic carbocycles. The quantitative estimate of drug-likeness (QED) is 0.188. The molecule has 0 aromatic heterocycles. The zero-order chi connectivity index (χ0) is 28.9. The summed E-state index contributed by atoms with van der Waals surface area (Å²) in [6.45, 7) is 8.21. The molecular formula is C28H41FN2O7. The molecule has 1 aromatic rings. The Bertz CT molecular complexity index is 960. The van der Waals surface area contributed by atoms with E-state index in [2.05, 4.69) is 10.6 Å². The fourth-order valence-corrected chi connectivity index (χ4v) is 3.40. The van der Waals surface area contributed by atoms with Crippen molar-refractivity contribution in [3.63, 3.8) is 0 Å². The van der Waals surface area contributed by atoms with Gasteiger partial charge in [-0.2, -0.15) is 0 Å². The molecule has 9 nitrogen and oxygen atoms in total. The van der Waals surface area contributed by atoms with Gasteiger partial charge in [0.2, 0.25) is 11.8 Å². The zero-order valence-electron chi connectivity index (χ0n) is 22.8. The Morgan fingerprint density at radius 3 is 2.29 bits per heavy atom. The van der Waals surface area contributed by atoms with E-state index in [1.54, 1.807) is 18.2 Å². The van der Waals surface area contributed by atoms with Crippen LogP contribution >= 0.6 is 0 Å². The summed E-state index contributed by atoms with van der Waals surface area (Å²) in [5.41, 5.74) is -0.322. The van der Waals surface area contributed by atoms with Crippen LogP contribution in [0.25, 0.3) is 0 Å². The maximum Gasteiger partial charge on any atom is 0.345 e. The monoisotopic (exact) mass is 536 g/mol. The summed E-state index contributed by atoms with van der Waals surface area (Å²) in [4.78, 5) is 47.9. The molecule has 1 rings (SSSR count). The van der Waals surface area contributed by atoms with Gasteiger partial charge in [-0.1, -0.05) is 39.0 Å². The molecule has 10 heteroatoms. The second-order valence-corrected chi connectivity index (χ2v) is 10.6. The molecule has 0 fully saturated rings. The highest BCUT2D eigenvalue weighted by atomic mass is 19.1. The molecule has 0 bridgehead atoms. The predicted molar refractivity (Wildman–Crippen MR) is 140 cm³/mol. The van der Waals surface area contributed by atoms with Crippen molar-refractivity contribution in [1.29, 1.82) is 0 Å². The van der Waals surface area contributed by atoms with Crippen LogP contribution in [-0.4, -0.2) is 59.3 Å². The van der Waals surface area contributed by atoms with E-state index in [4.69, 9.17) is 4.74 Å². The first-order valence-corrected chi connectivity index (χ1v) is 12.8. The lowest BCUT2D eigenvalue weighted by Crippen LogP contribution is -2.45. The van der Waals surface area contributed by atoms with E-state index in [9.17, 15) is 33.8 Å². The van der Waals surface area contributed by atoms with E-state index in [0.29, 0.717) is 19.3 Å². The first-order valence-electron chi connectivity index (χ1n) is 12.8. The second-order valence-electron chi connectivity index (χ2n) is 10.6. The lowest BCUT2D eigenvalue weighted by atomic mass is 9.93. The molecule has 3 unspecified atom stereocenters. The van der Waals surface area contributed by atoms with Crippen molar-refractivity contribution in [3.8, 4) is 0 Å². The van der Waals surface area contributed by atoms with Crippen LogP contribution in [0.3, 0.4) is 0 Å². The van der Waals surface area contributed by atoms with E-state index in [0.717, 1.165) is 5.56 Å². The normalized spacial score (nSPS) is 14.1. The maximum atomic E-state index is 13.0. The molecule has 0 saturated carbocycles. The van der Waals surface area contributed by atoms with Crippen LogP contribution in [0.4, 0.5) is 4.39 Å². The van der Waals surface area contributed by atoms with Crippen LogP contribution in [0.5, 0.6) is 0 Å². The SMILES string of the molecule is CC(C)CC(OC(=O)C(C)(C)CNC(=O)CNC(=O)/C=C/CCC(C)C(O)Cc1ccc(F)cc1)C(=O)O. The number of hydrogen-bond acceptors (Lipinski definition) is 6. The number of hydrogen-bond donors (Lipinski definition) is 4. The molecular weight excluding hydrogens is 495 g/mol. The number of carboxylic acids is 1. The number of carbonyl (C=O) groups is 4. The van der Waals surface area contributed by atoms with Crippen LogP contribution in [0.2, 0.25) is 0 Å². The number of carboxylic acid groups (broad SMARTS) is 1. The van der Waals surface area contributed by atoms with Gasteiger partial charge < -0.3 is 25.6 Å². The summed E-state index contributed by atoms with van der Waals surface area (Å²) in [6, 6.07) is 5.99. The van der Waals surface area contributed by atoms with Crippen molar-refractivity contribution in [1.82, 2.24) is 10.6 Å².